The van der Waals surface area contributed by atoms with Gasteiger partial charge in [-0.3, -0.25) is 14.3 Å². The first-order chi connectivity index (χ1) is 16.0. The summed E-state index contributed by atoms with van der Waals surface area (Å²) < 4.78 is 28.1. The monoisotopic (exact) mass is 479 g/mol. The summed E-state index contributed by atoms with van der Waals surface area (Å²) in [6, 6.07) is 18.6. The summed E-state index contributed by atoms with van der Waals surface area (Å²) in [6.45, 7) is 7.14. The highest BCUT2D eigenvalue weighted by Gasteiger charge is 2.18. The van der Waals surface area contributed by atoms with Crippen LogP contribution in [0.4, 0.5) is 11.4 Å². The molecule has 0 saturated heterocycles. The third kappa shape index (κ3) is 6.68. The van der Waals surface area contributed by atoms with Gasteiger partial charge < -0.3 is 10.6 Å². The second-order valence-electron chi connectivity index (χ2n) is 8.35. The number of carbonyl (C=O) groups excluding carboxylic acids is 2. The van der Waals surface area contributed by atoms with Crippen molar-refractivity contribution in [2.75, 3.05) is 10.0 Å². The Kier molecular flexibility index (Phi) is 7.73. The molecule has 8 heteroatoms. The molecule has 3 aromatic carbocycles. The summed E-state index contributed by atoms with van der Waals surface area (Å²) in [5, 5.41) is 5.59. The Morgan fingerprint density at radius 3 is 2.18 bits per heavy atom. The van der Waals surface area contributed by atoms with Gasteiger partial charge in [0.25, 0.3) is 10.0 Å². The van der Waals surface area contributed by atoms with Crippen molar-refractivity contribution in [3.63, 3.8) is 0 Å². The first kappa shape index (κ1) is 25.0. The molecule has 1 unspecified atom stereocenters. The Balaban J connectivity index is 1.72. The second-order valence-corrected chi connectivity index (χ2v) is 10.0. The van der Waals surface area contributed by atoms with Crippen LogP contribution in [0.1, 0.15) is 41.6 Å². The van der Waals surface area contributed by atoms with Gasteiger partial charge in [0.1, 0.15) is 0 Å². The van der Waals surface area contributed by atoms with Crippen molar-refractivity contribution in [3.8, 4) is 0 Å². The van der Waals surface area contributed by atoms with Crippen LogP contribution in [0.2, 0.25) is 0 Å². The number of benzene rings is 3. The third-order valence-corrected chi connectivity index (χ3v) is 6.81. The SMILES string of the molecule is CC(=O)NC(CC(=O)Nc1cccc(NS(=O)(=O)c2ccc(C)c(C)c2)c1)c1ccc(C)cc1. The lowest BCUT2D eigenvalue weighted by Gasteiger charge is -2.18. The molecule has 0 aliphatic heterocycles. The summed E-state index contributed by atoms with van der Waals surface area (Å²) in [6.07, 6.45) is 0.0290. The molecule has 0 heterocycles. The van der Waals surface area contributed by atoms with Crippen LogP contribution in [-0.4, -0.2) is 20.2 Å². The molecule has 0 spiro atoms. The van der Waals surface area contributed by atoms with Gasteiger partial charge in [-0.15, -0.1) is 0 Å². The lowest BCUT2D eigenvalue weighted by molar-refractivity contribution is -0.120. The van der Waals surface area contributed by atoms with Gasteiger partial charge in [0.2, 0.25) is 11.8 Å². The predicted molar refractivity (Wildman–Crippen MR) is 134 cm³/mol. The number of sulfonamides is 1. The number of amides is 2. The summed E-state index contributed by atoms with van der Waals surface area (Å²) in [4.78, 5) is 24.6. The molecule has 3 aromatic rings. The van der Waals surface area contributed by atoms with E-state index in [1.165, 1.54) is 6.92 Å². The van der Waals surface area contributed by atoms with E-state index in [2.05, 4.69) is 15.4 Å². The van der Waals surface area contributed by atoms with E-state index in [1.54, 1.807) is 42.5 Å². The number of hydrogen-bond donors (Lipinski definition) is 3. The quantitative estimate of drug-likeness (QED) is 0.438. The van der Waals surface area contributed by atoms with Crippen LogP contribution in [-0.2, 0) is 19.6 Å². The molecular weight excluding hydrogens is 450 g/mol. The minimum absolute atomic E-state index is 0.0290. The summed E-state index contributed by atoms with van der Waals surface area (Å²) in [5.74, 6) is -0.547. The standard InChI is InChI=1S/C26H29N3O4S/c1-17-8-11-21(12-9-17)25(27-20(4)30)16-26(31)28-22-6-5-7-23(15-22)29-34(32,33)24-13-10-18(2)19(3)14-24/h5-15,25,29H,16H2,1-4H3,(H,27,30)(H,28,31). The van der Waals surface area contributed by atoms with E-state index in [0.29, 0.717) is 11.4 Å². The van der Waals surface area contributed by atoms with Crippen LogP contribution in [0.15, 0.2) is 71.6 Å². The topological polar surface area (TPSA) is 104 Å². The van der Waals surface area contributed by atoms with Gasteiger partial charge in [0.05, 0.1) is 23.0 Å². The van der Waals surface area contributed by atoms with E-state index in [-0.39, 0.29) is 23.1 Å². The maximum atomic E-state index is 12.8. The molecule has 0 radical (unpaired) electrons. The fourth-order valence-electron chi connectivity index (χ4n) is 3.45. The van der Waals surface area contributed by atoms with Crippen molar-refractivity contribution in [3.05, 3.63) is 89.0 Å². The highest BCUT2D eigenvalue weighted by Crippen LogP contribution is 2.23. The molecule has 34 heavy (non-hydrogen) atoms. The van der Waals surface area contributed by atoms with E-state index in [1.807, 2.05) is 45.0 Å². The molecule has 3 rings (SSSR count). The second kappa shape index (κ2) is 10.5. The molecule has 0 saturated carbocycles. The minimum atomic E-state index is -3.78. The number of rotatable bonds is 8. The van der Waals surface area contributed by atoms with Gasteiger partial charge in [-0.1, -0.05) is 42.0 Å². The van der Waals surface area contributed by atoms with Crippen molar-refractivity contribution in [2.24, 2.45) is 0 Å². The van der Waals surface area contributed by atoms with Gasteiger partial charge in [-0.25, -0.2) is 8.42 Å². The molecule has 2 amide bonds. The van der Waals surface area contributed by atoms with Gasteiger partial charge in [0, 0.05) is 12.6 Å². The third-order valence-electron chi connectivity index (χ3n) is 5.43. The predicted octanol–water partition coefficient (Wildman–Crippen LogP) is 4.62. The molecule has 0 aliphatic rings. The number of hydrogen-bond acceptors (Lipinski definition) is 4. The Morgan fingerprint density at radius 2 is 1.53 bits per heavy atom. The molecule has 3 N–H and O–H groups in total. The Morgan fingerprint density at radius 1 is 0.853 bits per heavy atom. The molecule has 178 valence electrons. The van der Waals surface area contributed by atoms with Crippen LogP contribution in [0.3, 0.4) is 0 Å². The van der Waals surface area contributed by atoms with Crippen molar-refractivity contribution >= 4 is 33.2 Å². The Labute approximate surface area is 200 Å². The van der Waals surface area contributed by atoms with Crippen molar-refractivity contribution in [2.45, 2.75) is 45.1 Å². The smallest absolute Gasteiger partial charge is 0.261 e. The Bertz CT molecular complexity index is 1300. The summed E-state index contributed by atoms with van der Waals surface area (Å²) in [7, 11) is -3.78. The average Bonchev–Trinajstić information content (AvgIpc) is 2.75. The van der Waals surface area contributed by atoms with Gasteiger partial charge in [0.15, 0.2) is 0 Å². The van der Waals surface area contributed by atoms with Gasteiger partial charge >= 0.3 is 0 Å². The number of carbonyl (C=O) groups is 2. The molecule has 0 aliphatic carbocycles. The van der Waals surface area contributed by atoms with Crippen molar-refractivity contribution < 1.29 is 18.0 Å². The summed E-state index contributed by atoms with van der Waals surface area (Å²) >= 11 is 0. The maximum Gasteiger partial charge on any atom is 0.261 e. The molecule has 7 nitrogen and oxygen atoms in total. The first-order valence-corrected chi connectivity index (χ1v) is 12.4. The fraction of sp³-hybridized carbons (Fsp3) is 0.231. The molecule has 0 bridgehead atoms. The zero-order valence-electron chi connectivity index (χ0n) is 19.7. The van der Waals surface area contributed by atoms with E-state index >= 15 is 0 Å². The highest BCUT2D eigenvalue weighted by atomic mass is 32.2. The normalized spacial score (nSPS) is 12.0. The van der Waals surface area contributed by atoms with Crippen LogP contribution >= 0.6 is 0 Å². The molecule has 0 aromatic heterocycles. The molecule has 1 atom stereocenters. The maximum absolute atomic E-state index is 12.8. The van der Waals surface area contributed by atoms with Crippen LogP contribution in [0.5, 0.6) is 0 Å². The molecule has 0 fully saturated rings. The van der Waals surface area contributed by atoms with E-state index < -0.39 is 16.1 Å². The number of aryl methyl sites for hydroxylation is 3. The van der Waals surface area contributed by atoms with E-state index in [4.69, 9.17) is 0 Å². The van der Waals surface area contributed by atoms with Crippen LogP contribution < -0.4 is 15.4 Å². The van der Waals surface area contributed by atoms with E-state index in [9.17, 15) is 18.0 Å². The molecular formula is C26H29N3O4S. The van der Waals surface area contributed by atoms with Gasteiger partial charge in [-0.05, 0) is 67.8 Å². The van der Waals surface area contributed by atoms with Crippen LogP contribution in [0, 0.1) is 20.8 Å². The van der Waals surface area contributed by atoms with Gasteiger partial charge in [-0.2, -0.15) is 0 Å². The largest absolute Gasteiger partial charge is 0.349 e. The Hall–Kier alpha value is -3.65. The number of nitrogens with one attached hydrogen (secondary N) is 3. The zero-order chi connectivity index (χ0) is 24.9. The van der Waals surface area contributed by atoms with Crippen LogP contribution in [0.25, 0.3) is 0 Å². The van der Waals surface area contributed by atoms with E-state index in [0.717, 1.165) is 22.3 Å². The number of anilines is 2. The fourth-order valence-corrected chi connectivity index (χ4v) is 4.58. The zero-order valence-corrected chi connectivity index (χ0v) is 20.5. The average molecular weight is 480 g/mol. The lowest BCUT2D eigenvalue weighted by atomic mass is 10.0. The minimum Gasteiger partial charge on any atom is -0.349 e. The van der Waals surface area contributed by atoms with Crippen molar-refractivity contribution in [1.82, 2.24) is 5.32 Å². The lowest BCUT2D eigenvalue weighted by Crippen LogP contribution is -2.29. The first-order valence-electron chi connectivity index (χ1n) is 10.9. The van der Waals surface area contributed by atoms with Crippen molar-refractivity contribution in [1.29, 1.82) is 0 Å². The highest BCUT2D eigenvalue weighted by molar-refractivity contribution is 7.92. The summed E-state index contributed by atoms with van der Waals surface area (Å²) in [5.41, 5.74) is 4.56.